The smallest absolute Gasteiger partial charge is 0.356 e. The summed E-state index contributed by atoms with van der Waals surface area (Å²) in [6.45, 7) is 4.34. The molecule has 21 heavy (non-hydrogen) atoms. The standard InChI is InChI=1S/C14H19N3O4/c1-14(2)7-6-9(8-14)15-12-11(17(19)20)5-4-10(16-12)13(18)21-3/h4-5,9H,6-8H2,1-3H3,(H,15,16). The third kappa shape index (κ3) is 3.48. The van der Waals surface area contributed by atoms with Crippen molar-refractivity contribution in [2.75, 3.05) is 12.4 Å². The number of hydrogen-bond donors (Lipinski definition) is 1. The quantitative estimate of drug-likeness (QED) is 0.521. The van der Waals surface area contributed by atoms with Crippen molar-refractivity contribution in [2.45, 2.75) is 39.2 Å². The number of anilines is 1. The summed E-state index contributed by atoms with van der Waals surface area (Å²) in [4.78, 5) is 26.1. The van der Waals surface area contributed by atoms with E-state index >= 15 is 0 Å². The van der Waals surface area contributed by atoms with Gasteiger partial charge < -0.3 is 10.1 Å². The van der Waals surface area contributed by atoms with Crippen LogP contribution < -0.4 is 5.32 Å². The average molecular weight is 293 g/mol. The van der Waals surface area contributed by atoms with Gasteiger partial charge in [-0.3, -0.25) is 10.1 Å². The number of ether oxygens (including phenoxy) is 1. The van der Waals surface area contributed by atoms with Crippen molar-refractivity contribution < 1.29 is 14.5 Å². The van der Waals surface area contributed by atoms with Crippen LogP contribution in [-0.4, -0.2) is 29.0 Å². The van der Waals surface area contributed by atoms with Crippen LogP contribution in [0.4, 0.5) is 11.5 Å². The molecule has 1 saturated carbocycles. The lowest BCUT2D eigenvalue weighted by Gasteiger charge is -2.18. The molecule has 1 fully saturated rings. The first kappa shape index (κ1) is 15.2. The Hall–Kier alpha value is -2.18. The molecule has 1 N–H and O–H groups in total. The molecule has 1 aliphatic carbocycles. The molecule has 0 aromatic carbocycles. The van der Waals surface area contributed by atoms with Crippen LogP contribution in [0.2, 0.25) is 0 Å². The molecule has 0 saturated heterocycles. The number of rotatable bonds is 4. The predicted octanol–water partition coefficient (Wildman–Crippen LogP) is 2.77. The lowest BCUT2D eigenvalue weighted by atomic mass is 9.92. The molecule has 1 atom stereocenters. The zero-order valence-electron chi connectivity index (χ0n) is 12.4. The molecule has 1 heterocycles. The maximum Gasteiger partial charge on any atom is 0.356 e. The Bertz CT molecular complexity index is 571. The number of carbonyl (C=O) groups is 1. The first-order chi connectivity index (χ1) is 9.82. The third-order valence-electron chi connectivity index (χ3n) is 3.77. The average Bonchev–Trinajstić information content (AvgIpc) is 2.76. The van der Waals surface area contributed by atoms with Gasteiger partial charge in [0.05, 0.1) is 12.0 Å². The minimum atomic E-state index is -0.611. The highest BCUT2D eigenvalue weighted by Gasteiger charge is 2.32. The third-order valence-corrected chi connectivity index (χ3v) is 3.77. The molecular formula is C14H19N3O4. The van der Waals surface area contributed by atoms with Crippen molar-refractivity contribution in [3.8, 4) is 0 Å². The molecule has 2 rings (SSSR count). The number of methoxy groups -OCH3 is 1. The van der Waals surface area contributed by atoms with Crippen molar-refractivity contribution >= 4 is 17.5 Å². The summed E-state index contributed by atoms with van der Waals surface area (Å²) < 4.78 is 4.60. The summed E-state index contributed by atoms with van der Waals surface area (Å²) in [5.74, 6) is -0.481. The molecule has 0 aliphatic heterocycles. The van der Waals surface area contributed by atoms with Crippen LogP contribution in [0.5, 0.6) is 0 Å². The van der Waals surface area contributed by atoms with Gasteiger partial charge in [0.2, 0.25) is 5.82 Å². The van der Waals surface area contributed by atoms with Crippen LogP contribution in [-0.2, 0) is 4.74 Å². The zero-order valence-corrected chi connectivity index (χ0v) is 12.4. The summed E-state index contributed by atoms with van der Waals surface area (Å²) >= 11 is 0. The van der Waals surface area contributed by atoms with Crippen LogP contribution in [0.15, 0.2) is 12.1 Å². The monoisotopic (exact) mass is 293 g/mol. The van der Waals surface area contributed by atoms with E-state index in [-0.39, 0.29) is 28.7 Å². The molecule has 0 spiro atoms. The first-order valence-corrected chi connectivity index (χ1v) is 6.83. The molecule has 1 aromatic rings. The fraction of sp³-hybridized carbons (Fsp3) is 0.571. The number of esters is 1. The lowest BCUT2D eigenvalue weighted by molar-refractivity contribution is -0.384. The molecule has 0 bridgehead atoms. The van der Waals surface area contributed by atoms with Crippen molar-refractivity contribution in [1.29, 1.82) is 0 Å². The van der Waals surface area contributed by atoms with E-state index in [0.717, 1.165) is 19.3 Å². The van der Waals surface area contributed by atoms with Crippen LogP contribution in [0, 0.1) is 15.5 Å². The van der Waals surface area contributed by atoms with Crippen molar-refractivity contribution in [3.63, 3.8) is 0 Å². The van der Waals surface area contributed by atoms with E-state index in [1.807, 2.05) is 0 Å². The Morgan fingerprint density at radius 3 is 2.76 bits per heavy atom. The van der Waals surface area contributed by atoms with Crippen molar-refractivity contribution in [3.05, 3.63) is 27.9 Å². The number of aromatic nitrogens is 1. The van der Waals surface area contributed by atoms with Gasteiger partial charge >= 0.3 is 11.7 Å². The predicted molar refractivity (Wildman–Crippen MR) is 77.3 cm³/mol. The number of nitro groups is 1. The second-order valence-corrected chi connectivity index (χ2v) is 6.06. The number of carbonyl (C=O) groups excluding carboxylic acids is 1. The van der Waals surface area contributed by atoms with E-state index in [0.29, 0.717) is 0 Å². The summed E-state index contributed by atoms with van der Waals surface area (Å²) in [6.07, 6.45) is 2.89. The van der Waals surface area contributed by atoms with Gasteiger partial charge in [-0.15, -0.1) is 0 Å². The Kier molecular flexibility index (Phi) is 4.11. The molecule has 0 radical (unpaired) electrons. The summed E-state index contributed by atoms with van der Waals surface area (Å²) in [5.41, 5.74) is 0.141. The fourth-order valence-electron chi connectivity index (χ4n) is 2.68. The van der Waals surface area contributed by atoms with Gasteiger partial charge in [0.1, 0.15) is 0 Å². The Balaban J connectivity index is 2.27. The van der Waals surface area contributed by atoms with Gasteiger partial charge in [0, 0.05) is 12.1 Å². The summed E-state index contributed by atoms with van der Waals surface area (Å²) in [5, 5.41) is 14.2. The van der Waals surface area contributed by atoms with Gasteiger partial charge in [-0.2, -0.15) is 0 Å². The van der Waals surface area contributed by atoms with Gasteiger partial charge in [-0.05, 0) is 30.7 Å². The number of nitrogens with one attached hydrogen (secondary N) is 1. The highest BCUT2D eigenvalue weighted by Crippen LogP contribution is 2.39. The number of hydrogen-bond acceptors (Lipinski definition) is 6. The Morgan fingerprint density at radius 1 is 1.52 bits per heavy atom. The van der Waals surface area contributed by atoms with E-state index in [1.54, 1.807) is 0 Å². The molecule has 1 unspecified atom stereocenters. The highest BCUT2D eigenvalue weighted by atomic mass is 16.6. The fourth-order valence-corrected chi connectivity index (χ4v) is 2.68. The van der Waals surface area contributed by atoms with E-state index in [4.69, 9.17) is 0 Å². The van der Waals surface area contributed by atoms with Crippen LogP contribution >= 0.6 is 0 Å². The minimum Gasteiger partial charge on any atom is -0.464 e. The molecular weight excluding hydrogens is 274 g/mol. The molecule has 114 valence electrons. The van der Waals surface area contributed by atoms with Gasteiger partial charge in [-0.25, -0.2) is 9.78 Å². The van der Waals surface area contributed by atoms with E-state index < -0.39 is 10.9 Å². The molecule has 7 heteroatoms. The van der Waals surface area contributed by atoms with E-state index in [1.165, 1.54) is 19.2 Å². The second kappa shape index (κ2) is 5.67. The van der Waals surface area contributed by atoms with Gasteiger partial charge in [0.25, 0.3) is 0 Å². The number of nitrogens with zero attached hydrogens (tertiary/aromatic N) is 2. The molecule has 1 aliphatic rings. The Morgan fingerprint density at radius 2 is 2.24 bits per heavy atom. The van der Waals surface area contributed by atoms with Gasteiger partial charge in [0.15, 0.2) is 5.69 Å². The van der Waals surface area contributed by atoms with Crippen molar-refractivity contribution in [1.82, 2.24) is 4.98 Å². The minimum absolute atomic E-state index is 0.0582. The van der Waals surface area contributed by atoms with Crippen LogP contribution in [0.25, 0.3) is 0 Å². The van der Waals surface area contributed by atoms with E-state index in [9.17, 15) is 14.9 Å². The SMILES string of the molecule is COC(=O)c1ccc([N+](=O)[O-])c(NC2CCC(C)(C)C2)n1. The first-order valence-electron chi connectivity index (χ1n) is 6.83. The van der Waals surface area contributed by atoms with Crippen LogP contribution in [0.1, 0.15) is 43.6 Å². The van der Waals surface area contributed by atoms with Crippen LogP contribution in [0.3, 0.4) is 0 Å². The maximum atomic E-state index is 11.5. The Labute approximate surface area is 122 Å². The summed E-state index contributed by atoms with van der Waals surface area (Å²) in [6, 6.07) is 2.70. The molecule has 1 aromatic heterocycles. The van der Waals surface area contributed by atoms with Gasteiger partial charge in [-0.1, -0.05) is 13.8 Å². The zero-order chi connectivity index (χ0) is 15.6. The number of pyridine rings is 1. The lowest BCUT2D eigenvalue weighted by Crippen LogP contribution is -2.20. The molecule has 0 amide bonds. The summed E-state index contributed by atoms with van der Waals surface area (Å²) in [7, 11) is 1.25. The van der Waals surface area contributed by atoms with Crippen molar-refractivity contribution in [2.24, 2.45) is 5.41 Å². The second-order valence-electron chi connectivity index (χ2n) is 6.06. The largest absolute Gasteiger partial charge is 0.464 e. The highest BCUT2D eigenvalue weighted by molar-refractivity contribution is 5.88. The maximum absolute atomic E-state index is 11.5. The topological polar surface area (TPSA) is 94.4 Å². The van der Waals surface area contributed by atoms with E-state index in [2.05, 4.69) is 28.9 Å². The normalized spacial score (nSPS) is 20.0. The molecule has 7 nitrogen and oxygen atoms in total.